The Morgan fingerprint density at radius 2 is 2.24 bits per heavy atom. The number of hydrogen-bond acceptors (Lipinski definition) is 5. The number of nitriles is 1. The van der Waals surface area contributed by atoms with Crippen LogP contribution in [-0.2, 0) is 10.0 Å². The summed E-state index contributed by atoms with van der Waals surface area (Å²) in [4.78, 5) is 3.64. The Labute approximate surface area is 99.5 Å². The van der Waals surface area contributed by atoms with Gasteiger partial charge in [-0.15, -0.1) is 0 Å². The predicted molar refractivity (Wildman–Crippen MR) is 60.3 cm³/mol. The highest BCUT2D eigenvalue weighted by Gasteiger charge is 2.31. The molecule has 1 saturated carbocycles. The van der Waals surface area contributed by atoms with Crippen LogP contribution in [0.3, 0.4) is 0 Å². The lowest BCUT2D eigenvalue weighted by molar-refractivity contribution is 0.327. The van der Waals surface area contributed by atoms with Crippen LogP contribution >= 0.6 is 0 Å². The number of sulfonamides is 1. The number of nitrogens with two attached hydrogens (primary N) is 1. The summed E-state index contributed by atoms with van der Waals surface area (Å²) >= 11 is 0. The quantitative estimate of drug-likeness (QED) is 0.769. The summed E-state index contributed by atoms with van der Waals surface area (Å²) in [5.41, 5.74) is 5.49. The molecule has 0 spiro atoms. The minimum Gasteiger partial charge on any atom is -0.328 e. The Kier molecular flexibility index (Phi) is 3.11. The lowest BCUT2D eigenvalue weighted by atomic mass is 9.89. The molecular formula is C10H12N4O2S. The maximum absolute atomic E-state index is 12.0. The second-order valence-electron chi connectivity index (χ2n) is 4.01. The molecule has 1 aliphatic carbocycles. The van der Waals surface area contributed by atoms with Crippen LogP contribution in [0.1, 0.15) is 18.5 Å². The van der Waals surface area contributed by atoms with E-state index in [1.807, 2.05) is 0 Å². The average molecular weight is 252 g/mol. The van der Waals surface area contributed by atoms with Gasteiger partial charge < -0.3 is 5.73 Å². The molecule has 1 aromatic rings. The van der Waals surface area contributed by atoms with Gasteiger partial charge >= 0.3 is 0 Å². The molecule has 3 N–H and O–H groups in total. The van der Waals surface area contributed by atoms with Gasteiger partial charge in [0.15, 0.2) is 5.69 Å². The van der Waals surface area contributed by atoms with Crippen molar-refractivity contribution in [2.45, 2.75) is 29.8 Å². The van der Waals surface area contributed by atoms with Crippen LogP contribution in [0, 0.1) is 11.3 Å². The van der Waals surface area contributed by atoms with Gasteiger partial charge in [0.2, 0.25) is 10.0 Å². The van der Waals surface area contributed by atoms with Crippen molar-refractivity contribution < 1.29 is 8.42 Å². The second kappa shape index (κ2) is 4.41. The van der Waals surface area contributed by atoms with Crippen LogP contribution in [-0.4, -0.2) is 25.5 Å². The molecule has 0 aromatic carbocycles. The van der Waals surface area contributed by atoms with Crippen LogP contribution < -0.4 is 10.5 Å². The van der Waals surface area contributed by atoms with Crippen molar-refractivity contribution in [3.05, 3.63) is 24.0 Å². The van der Waals surface area contributed by atoms with Gasteiger partial charge in [-0.1, -0.05) is 0 Å². The van der Waals surface area contributed by atoms with Gasteiger partial charge in [0, 0.05) is 18.3 Å². The monoisotopic (exact) mass is 252 g/mol. The molecule has 90 valence electrons. The molecule has 0 saturated heterocycles. The maximum atomic E-state index is 12.0. The van der Waals surface area contributed by atoms with Gasteiger partial charge in [-0.05, 0) is 25.0 Å². The van der Waals surface area contributed by atoms with E-state index in [4.69, 9.17) is 11.0 Å². The van der Waals surface area contributed by atoms with E-state index >= 15 is 0 Å². The van der Waals surface area contributed by atoms with Crippen LogP contribution in [0.15, 0.2) is 23.2 Å². The largest absolute Gasteiger partial charge is 0.328 e. The Hall–Kier alpha value is -1.49. The fourth-order valence-corrected chi connectivity index (χ4v) is 3.10. The Balaban J connectivity index is 2.23. The Morgan fingerprint density at radius 1 is 1.53 bits per heavy atom. The zero-order valence-corrected chi connectivity index (χ0v) is 9.81. The fourth-order valence-electron chi connectivity index (χ4n) is 1.73. The third-order valence-corrected chi connectivity index (χ3v) is 4.21. The van der Waals surface area contributed by atoms with Crippen molar-refractivity contribution in [3.63, 3.8) is 0 Å². The first-order valence-corrected chi connectivity index (χ1v) is 6.64. The maximum Gasteiger partial charge on any atom is 0.243 e. The molecule has 1 fully saturated rings. The molecular weight excluding hydrogens is 240 g/mol. The molecule has 0 atom stereocenters. The molecule has 6 nitrogen and oxygen atoms in total. The number of rotatable bonds is 3. The number of nitrogens with zero attached hydrogens (tertiary/aromatic N) is 2. The van der Waals surface area contributed by atoms with E-state index in [0.29, 0.717) is 12.8 Å². The predicted octanol–water partition coefficient (Wildman–Crippen LogP) is -0.279. The van der Waals surface area contributed by atoms with Gasteiger partial charge in [0.05, 0.1) is 0 Å². The normalized spacial score (nSPS) is 23.8. The summed E-state index contributed by atoms with van der Waals surface area (Å²) in [5, 5.41) is 8.80. The van der Waals surface area contributed by atoms with Crippen LogP contribution in [0.4, 0.5) is 0 Å². The van der Waals surface area contributed by atoms with Gasteiger partial charge in [-0.25, -0.2) is 18.1 Å². The van der Waals surface area contributed by atoms with Crippen molar-refractivity contribution in [3.8, 4) is 6.07 Å². The number of hydrogen-bond donors (Lipinski definition) is 2. The smallest absolute Gasteiger partial charge is 0.243 e. The topological polar surface area (TPSA) is 109 Å². The summed E-state index contributed by atoms with van der Waals surface area (Å²) < 4.78 is 26.5. The van der Waals surface area contributed by atoms with Gasteiger partial charge in [0.25, 0.3) is 0 Å². The third kappa shape index (κ3) is 2.44. The Bertz CT molecular complexity index is 558. The number of aromatic nitrogens is 1. The molecule has 0 unspecified atom stereocenters. The van der Waals surface area contributed by atoms with Crippen molar-refractivity contribution in [1.82, 2.24) is 9.71 Å². The van der Waals surface area contributed by atoms with Gasteiger partial charge in [-0.2, -0.15) is 5.26 Å². The molecule has 1 aromatic heterocycles. The number of nitrogens with one attached hydrogen (secondary N) is 1. The molecule has 0 bridgehead atoms. The molecule has 1 aliphatic rings. The Morgan fingerprint density at radius 3 is 2.82 bits per heavy atom. The van der Waals surface area contributed by atoms with E-state index in [1.54, 1.807) is 6.07 Å². The highest BCUT2D eigenvalue weighted by atomic mass is 32.2. The standard InChI is InChI=1S/C10H12N4O2S/c11-6-9-10(2-1-3-13-9)17(15,16)14-8-4-7(12)5-8/h1-3,7-8,14H,4-5,12H2. The van der Waals surface area contributed by atoms with Crippen LogP contribution in [0.2, 0.25) is 0 Å². The van der Waals surface area contributed by atoms with E-state index in [-0.39, 0.29) is 22.7 Å². The van der Waals surface area contributed by atoms with Gasteiger partial charge in [0.1, 0.15) is 11.0 Å². The van der Waals surface area contributed by atoms with E-state index in [1.165, 1.54) is 18.3 Å². The summed E-state index contributed by atoms with van der Waals surface area (Å²) in [7, 11) is -3.68. The van der Waals surface area contributed by atoms with E-state index in [0.717, 1.165) is 0 Å². The van der Waals surface area contributed by atoms with Gasteiger partial charge in [-0.3, -0.25) is 0 Å². The minimum atomic E-state index is -3.68. The molecule has 7 heteroatoms. The average Bonchev–Trinajstić information content (AvgIpc) is 2.26. The SMILES string of the molecule is N#Cc1ncccc1S(=O)(=O)NC1CC(N)C1. The first-order chi connectivity index (χ1) is 8.03. The molecule has 0 amide bonds. The lowest BCUT2D eigenvalue weighted by Crippen LogP contribution is -2.50. The minimum absolute atomic E-state index is 0.0621. The van der Waals surface area contributed by atoms with Crippen molar-refractivity contribution in [2.75, 3.05) is 0 Å². The fraction of sp³-hybridized carbons (Fsp3) is 0.400. The molecule has 0 aliphatic heterocycles. The third-order valence-electron chi connectivity index (χ3n) is 2.66. The number of pyridine rings is 1. The summed E-state index contributed by atoms with van der Waals surface area (Å²) in [6, 6.07) is 4.55. The lowest BCUT2D eigenvalue weighted by Gasteiger charge is -2.32. The zero-order chi connectivity index (χ0) is 12.5. The van der Waals surface area contributed by atoms with Crippen molar-refractivity contribution in [1.29, 1.82) is 5.26 Å². The highest BCUT2D eigenvalue weighted by molar-refractivity contribution is 7.89. The van der Waals surface area contributed by atoms with Crippen molar-refractivity contribution in [2.24, 2.45) is 5.73 Å². The molecule has 0 radical (unpaired) electrons. The summed E-state index contributed by atoms with van der Waals surface area (Å²) in [6.45, 7) is 0. The zero-order valence-electron chi connectivity index (χ0n) is 9.00. The van der Waals surface area contributed by atoms with E-state index in [2.05, 4.69) is 9.71 Å². The second-order valence-corrected chi connectivity index (χ2v) is 5.69. The van der Waals surface area contributed by atoms with E-state index < -0.39 is 10.0 Å². The van der Waals surface area contributed by atoms with Crippen LogP contribution in [0.25, 0.3) is 0 Å². The molecule has 1 heterocycles. The molecule has 2 rings (SSSR count). The molecule has 17 heavy (non-hydrogen) atoms. The van der Waals surface area contributed by atoms with E-state index in [9.17, 15) is 8.42 Å². The van der Waals surface area contributed by atoms with Crippen LogP contribution in [0.5, 0.6) is 0 Å². The highest BCUT2D eigenvalue weighted by Crippen LogP contribution is 2.21. The van der Waals surface area contributed by atoms with Crippen molar-refractivity contribution >= 4 is 10.0 Å². The first-order valence-electron chi connectivity index (χ1n) is 5.16. The first kappa shape index (κ1) is 12.0. The summed E-state index contributed by atoms with van der Waals surface area (Å²) in [5.74, 6) is 0. The summed E-state index contributed by atoms with van der Waals surface area (Å²) in [6.07, 6.45) is 2.64.